The highest BCUT2D eigenvalue weighted by Gasteiger charge is 2.32. The smallest absolute Gasteiger partial charge is 0.268 e. The minimum atomic E-state index is -4.09. The van der Waals surface area contributed by atoms with Crippen molar-refractivity contribution in [3.8, 4) is 11.5 Å². The zero-order valence-corrected chi connectivity index (χ0v) is 23.2. The number of carbonyl (C=O) groups is 1. The van der Waals surface area contributed by atoms with E-state index in [0.29, 0.717) is 31.9 Å². The molecule has 0 aliphatic carbocycles. The number of aryl methyl sites for hydroxylation is 2. The van der Waals surface area contributed by atoms with E-state index in [2.05, 4.69) is 4.90 Å². The van der Waals surface area contributed by atoms with Crippen LogP contribution in [0.5, 0.6) is 11.5 Å². The Kier molecular flexibility index (Phi) is 8.46. The van der Waals surface area contributed by atoms with Gasteiger partial charge in [0.15, 0.2) is 0 Å². The van der Waals surface area contributed by atoms with Gasteiger partial charge in [-0.2, -0.15) is 0 Å². The number of piperazine rings is 1. The van der Waals surface area contributed by atoms with Gasteiger partial charge in [-0.15, -0.1) is 0 Å². The van der Waals surface area contributed by atoms with Crippen molar-refractivity contribution < 1.29 is 22.7 Å². The lowest BCUT2D eigenvalue weighted by molar-refractivity contribution is -0.129. The second kappa shape index (κ2) is 11.8. The van der Waals surface area contributed by atoms with E-state index in [0.717, 1.165) is 29.0 Å². The fourth-order valence-electron chi connectivity index (χ4n) is 4.55. The second-order valence-corrected chi connectivity index (χ2v) is 11.1. The van der Waals surface area contributed by atoms with Gasteiger partial charge in [0.25, 0.3) is 10.0 Å². The summed E-state index contributed by atoms with van der Waals surface area (Å²) in [5, 5.41) is 0. The van der Waals surface area contributed by atoms with Crippen molar-refractivity contribution in [2.45, 2.75) is 25.2 Å². The first-order valence-corrected chi connectivity index (χ1v) is 14.1. The summed E-state index contributed by atoms with van der Waals surface area (Å²) < 4.78 is 39.8. The number of sulfonamides is 1. The van der Waals surface area contributed by atoms with Crippen molar-refractivity contribution >= 4 is 27.3 Å². The minimum absolute atomic E-state index is 0.0386. The summed E-state index contributed by atoms with van der Waals surface area (Å²) >= 11 is 0. The summed E-state index contributed by atoms with van der Waals surface area (Å²) in [6.45, 7) is 5.88. The molecule has 3 aromatic carbocycles. The molecule has 202 valence electrons. The van der Waals surface area contributed by atoms with Gasteiger partial charge in [0.1, 0.15) is 22.9 Å². The molecule has 0 radical (unpaired) electrons. The van der Waals surface area contributed by atoms with Crippen molar-refractivity contribution in [2.75, 3.05) is 56.1 Å². The number of nitrogens with zero attached hydrogens (tertiary/aromatic N) is 3. The van der Waals surface area contributed by atoms with Crippen molar-refractivity contribution in [2.24, 2.45) is 0 Å². The average molecular weight is 538 g/mol. The molecule has 38 heavy (non-hydrogen) atoms. The molecule has 1 heterocycles. The quantitative estimate of drug-likeness (QED) is 0.409. The predicted octanol–water partition coefficient (Wildman–Crippen LogP) is 4.12. The zero-order chi connectivity index (χ0) is 27.3. The summed E-state index contributed by atoms with van der Waals surface area (Å²) in [6.07, 6.45) is 0.830. The van der Waals surface area contributed by atoms with Crippen LogP contribution in [0, 0.1) is 6.92 Å². The second-order valence-electron chi connectivity index (χ2n) is 9.25. The van der Waals surface area contributed by atoms with Gasteiger partial charge in [-0.3, -0.25) is 9.10 Å². The van der Waals surface area contributed by atoms with E-state index in [1.54, 1.807) is 42.3 Å². The van der Waals surface area contributed by atoms with Crippen LogP contribution in [0.2, 0.25) is 0 Å². The number of carbonyl (C=O) groups excluding carboxylic acids is 1. The summed E-state index contributed by atoms with van der Waals surface area (Å²) in [6, 6.07) is 20.2. The van der Waals surface area contributed by atoms with E-state index in [4.69, 9.17) is 9.47 Å². The molecule has 0 atom stereocenters. The van der Waals surface area contributed by atoms with Crippen molar-refractivity contribution in [3.63, 3.8) is 0 Å². The number of hydrogen-bond donors (Lipinski definition) is 0. The van der Waals surface area contributed by atoms with Crippen LogP contribution in [-0.4, -0.2) is 66.2 Å². The minimum Gasteiger partial charge on any atom is -0.497 e. The Morgan fingerprint density at radius 3 is 2.13 bits per heavy atom. The van der Waals surface area contributed by atoms with Gasteiger partial charge in [0.05, 0.1) is 19.9 Å². The SMILES string of the molecule is CCc1ccc(N(CC(=O)N2CCN(c3ccc(OC)cc3)CC2)S(=O)(=O)c2cc(C)ccc2OC)cc1. The molecule has 1 saturated heterocycles. The molecule has 0 aromatic heterocycles. The van der Waals surface area contributed by atoms with Crippen LogP contribution in [0.15, 0.2) is 71.6 Å². The number of methoxy groups -OCH3 is 2. The lowest BCUT2D eigenvalue weighted by Crippen LogP contribution is -2.52. The Labute approximate surface area is 225 Å². The third-order valence-electron chi connectivity index (χ3n) is 6.87. The maximum absolute atomic E-state index is 14.0. The van der Waals surface area contributed by atoms with Crippen molar-refractivity contribution in [3.05, 3.63) is 77.9 Å². The van der Waals surface area contributed by atoms with Gasteiger partial charge >= 0.3 is 0 Å². The maximum atomic E-state index is 14.0. The normalized spacial score (nSPS) is 13.8. The van der Waals surface area contributed by atoms with Crippen LogP contribution in [0.4, 0.5) is 11.4 Å². The van der Waals surface area contributed by atoms with Crippen molar-refractivity contribution in [1.82, 2.24) is 4.90 Å². The van der Waals surface area contributed by atoms with E-state index < -0.39 is 10.0 Å². The number of hydrogen-bond acceptors (Lipinski definition) is 6. The third kappa shape index (κ3) is 5.88. The molecule has 1 fully saturated rings. The van der Waals surface area contributed by atoms with Crippen LogP contribution in [0.3, 0.4) is 0 Å². The molecule has 4 rings (SSSR count). The Morgan fingerprint density at radius 1 is 0.895 bits per heavy atom. The maximum Gasteiger partial charge on any atom is 0.268 e. The molecule has 0 N–H and O–H groups in total. The summed E-state index contributed by atoms with van der Waals surface area (Å²) in [5.74, 6) is 0.793. The zero-order valence-electron chi connectivity index (χ0n) is 22.4. The van der Waals surface area contributed by atoms with Gasteiger partial charge in [0, 0.05) is 31.9 Å². The Bertz CT molecular complexity index is 1350. The van der Waals surface area contributed by atoms with Gasteiger partial charge in [-0.05, 0) is 73.0 Å². The van der Waals surface area contributed by atoms with Gasteiger partial charge < -0.3 is 19.3 Å². The lowest BCUT2D eigenvalue weighted by Gasteiger charge is -2.37. The van der Waals surface area contributed by atoms with Crippen LogP contribution < -0.4 is 18.7 Å². The van der Waals surface area contributed by atoms with Gasteiger partial charge in [0.2, 0.25) is 5.91 Å². The van der Waals surface area contributed by atoms with Gasteiger partial charge in [-0.25, -0.2) is 8.42 Å². The van der Waals surface area contributed by atoms with Crippen LogP contribution in [0.1, 0.15) is 18.1 Å². The van der Waals surface area contributed by atoms with Crippen molar-refractivity contribution in [1.29, 1.82) is 0 Å². The molecule has 1 aliphatic heterocycles. The predicted molar refractivity (Wildman–Crippen MR) is 150 cm³/mol. The largest absolute Gasteiger partial charge is 0.497 e. The molecule has 3 aromatic rings. The van der Waals surface area contributed by atoms with Crippen LogP contribution in [0.25, 0.3) is 0 Å². The first kappa shape index (κ1) is 27.3. The summed E-state index contributed by atoms with van der Waals surface area (Å²) in [7, 11) is -1.02. The van der Waals surface area contributed by atoms with E-state index >= 15 is 0 Å². The highest BCUT2D eigenvalue weighted by Crippen LogP contribution is 2.31. The van der Waals surface area contributed by atoms with Crippen LogP contribution in [-0.2, 0) is 21.2 Å². The molecule has 1 amide bonds. The number of rotatable bonds is 9. The van der Waals surface area contributed by atoms with Gasteiger partial charge in [-0.1, -0.05) is 25.1 Å². The number of ether oxygens (including phenoxy) is 2. The molecule has 8 nitrogen and oxygen atoms in total. The monoisotopic (exact) mass is 537 g/mol. The molecule has 1 aliphatic rings. The highest BCUT2D eigenvalue weighted by atomic mass is 32.2. The third-order valence-corrected chi connectivity index (χ3v) is 8.66. The molecule has 0 saturated carbocycles. The van der Waals surface area contributed by atoms with E-state index in [1.807, 2.05) is 50.2 Å². The average Bonchev–Trinajstić information content (AvgIpc) is 2.96. The Morgan fingerprint density at radius 2 is 1.55 bits per heavy atom. The number of benzene rings is 3. The standard InChI is InChI=1S/C29H35N3O5S/c1-5-23-7-9-25(10-8-23)32(38(34,35)28-20-22(2)6-15-27(28)37-4)21-29(33)31-18-16-30(17-19-31)24-11-13-26(36-3)14-12-24/h6-15,20H,5,16-19,21H2,1-4H3. The summed E-state index contributed by atoms with van der Waals surface area (Å²) in [5.41, 5.74) is 3.37. The molecule has 0 spiro atoms. The Hall–Kier alpha value is -3.72. The lowest BCUT2D eigenvalue weighted by atomic mass is 10.1. The number of amides is 1. The molecule has 9 heteroatoms. The van der Waals surface area contributed by atoms with E-state index in [-0.39, 0.29) is 23.1 Å². The van der Waals surface area contributed by atoms with E-state index in [9.17, 15) is 13.2 Å². The molecule has 0 unspecified atom stereocenters. The highest BCUT2D eigenvalue weighted by molar-refractivity contribution is 7.93. The molecular weight excluding hydrogens is 502 g/mol. The fourth-order valence-corrected chi connectivity index (χ4v) is 6.20. The van der Waals surface area contributed by atoms with Crippen LogP contribution >= 0.6 is 0 Å². The Balaban J connectivity index is 1.57. The molecule has 0 bridgehead atoms. The first-order chi connectivity index (χ1) is 18.3. The fraction of sp³-hybridized carbons (Fsp3) is 0.345. The summed E-state index contributed by atoms with van der Waals surface area (Å²) in [4.78, 5) is 17.5. The van der Waals surface area contributed by atoms with E-state index in [1.165, 1.54) is 11.4 Å². The topological polar surface area (TPSA) is 79.4 Å². The first-order valence-electron chi connectivity index (χ1n) is 12.7. The molecular formula is C29H35N3O5S. The number of anilines is 2.